The summed E-state index contributed by atoms with van der Waals surface area (Å²) < 4.78 is 6.46. The Morgan fingerprint density at radius 1 is 1.23 bits per heavy atom. The number of nitrogens with two attached hydrogens (primary N) is 1. The van der Waals surface area contributed by atoms with Crippen molar-refractivity contribution in [3.63, 3.8) is 0 Å². The monoisotopic (exact) mass is 436 g/mol. The Labute approximate surface area is 183 Å². The number of benzene rings is 2. The minimum Gasteiger partial charge on any atom is -0.385 e. The number of halogens is 1. The first-order valence-electron chi connectivity index (χ1n) is 9.72. The number of aromatic nitrogens is 3. The van der Waals surface area contributed by atoms with Gasteiger partial charge < -0.3 is 15.8 Å². The summed E-state index contributed by atoms with van der Waals surface area (Å²) >= 11 is 6.06. The van der Waals surface area contributed by atoms with Crippen LogP contribution in [0.5, 0.6) is 0 Å². The van der Waals surface area contributed by atoms with Gasteiger partial charge in [-0.25, -0.2) is 9.97 Å². The van der Waals surface area contributed by atoms with Crippen molar-refractivity contribution in [2.24, 2.45) is 5.10 Å². The summed E-state index contributed by atoms with van der Waals surface area (Å²) in [5, 5.41) is 7.92. The van der Waals surface area contributed by atoms with Crippen molar-refractivity contribution in [2.75, 3.05) is 26.0 Å². The SMILES string of the molecule is COCCCNC(=O)c1c(N)n(N=Cc2cccc(Cl)c2)c2nc3ccccc3nc12. The molecule has 2 aromatic carbocycles. The van der Waals surface area contributed by atoms with E-state index in [1.807, 2.05) is 36.4 Å². The molecule has 0 unspecified atom stereocenters. The molecule has 31 heavy (non-hydrogen) atoms. The minimum atomic E-state index is -0.333. The molecular weight excluding hydrogens is 416 g/mol. The molecule has 0 fully saturated rings. The van der Waals surface area contributed by atoms with E-state index in [1.54, 1.807) is 25.5 Å². The highest BCUT2D eigenvalue weighted by Gasteiger charge is 2.23. The third kappa shape index (κ3) is 4.35. The van der Waals surface area contributed by atoms with Crippen LogP contribution in [-0.4, -0.2) is 47.0 Å². The molecule has 158 valence electrons. The summed E-state index contributed by atoms with van der Waals surface area (Å²) in [5.41, 5.74) is 9.53. The molecule has 0 aliphatic carbocycles. The zero-order chi connectivity index (χ0) is 21.8. The summed E-state index contributed by atoms with van der Waals surface area (Å²) in [4.78, 5) is 22.2. The van der Waals surface area contributed by atoms with Crippen LogP contribution >= 0.6 is 11.6 Å². The molecule has 2 heterocycles. The number of fused-ring (bicyclic) bond motifs is 2. The van der Waals surface area contributed by atoms with Crippen LogP contribution in [-0.2, 0) is 4.74 Å². The molecule has 0 aliphatic heterocycles. The molecule has 3 N–H and O–H groups in total. The van der Waals surface area contributed by atoms with E-state index in [9.17, 15) is 4.79 Å². The fraction of sp³-hybridized carbons (Fsp3) is 0.182. The van der Waals surface area contributed by atoms with Crippen LogP contribution in [0.4, 0.5) is 5.82 Å². The number of nitrogens with zero attached hydrogens (tertiary/aromatic N) is 4. The first kappa shape index (κ1) is 20.8. The first-order valence-corrected chi connectivity index (χ1v) is 10.1. The lowest BCUT2D eigenvalue weighted by Gasteiger charge is -2.05. The van der Waals surface area contributed by atoms with Crippen LogP contribution in [0.3, 0.4) is 0 Å². The van der Waals surface area contributed by atoms with Gasteiger partial charge in [-0.3, -0.25) is 4.79 Å². The van der Waals surface area contributed by atoms with Crippen molar-refractivity contribution < 1.29 is 9.53 Å². The molecule has 4 aromatic rings. The molecule has 0 saturated heterocycles. The molecule has 0 aliphatic rings. The highest BCUT2D eigenvalue weighted by atomic mass is 35.5. The predicted octanol–water partition coefficient (Wildman–Crippen LogP) is 3.47. The Hall–Kier alpha value is -3.49. The number of anilines is 1. The van der Waals surface area contributed by atoms with E-state index in [2.05, 4.69) is 20.4 Å². The Bertz CT molecular complexity index is 1280. The Morgan fingerprint density at radius 2 is 2.00 bits per heavy atom. The van der Waals surface area contributed by atoms with Crippen LogP contribution in [0, 0.1) is 0 Å². The lowest BCUT2D eigenvalue weighted by atomic mass is 10.2. The van der Waals surface area contributed by atoms with Gasteiger partial charge >= 0.3 is 0 Å². The Kier molecular flexibility index (Phi) is 6.11. The quantitative estimate of drug-likeness (QED) is 0.340. The van der Waals surface area contributed by atoms with Crippen LogP contribution in [0.25, 0.3) is 22.2 Å². The van der Waals surface area contributed by atoms with Crippen molar-refractivity contribution in [2.45, 2.75) is 6.42 Å². The summed E-state index contributed by atoms with van der Waals surface area (Å²) in [5.74, 6) is -0.173. The highest BCUT2D eigenvalue weighted by molar-refractivity contribution is 6.30. The maximum Gasteiger partial charge on any atom is 0.257 e. The zero-order valence-electron chi connectivity index (χ0n) is 16.9. The zero-order valence-corrected chi connectivity index (χ0v) is 17.6. The van der Waals surface area contributed by atoms with Gasteiger partial charge in [-0.1, -0.05) is 35.9 Å². The largest absolute Gasteiger partial charge is 0.385 e. The molecule has 8 nitrogen and oxygen atoms in total. The lowest BCUT2D eigenvalue weighted by Crippen LogP contribution is -2.26. The second-order valence-corrected chi connectivity index (χ2v) is 7.29. The molecule has 0 spiro atoms. The number of rotatable bonds is 7. The maximum absolute atomic E-state index is 12.9. The lowest BCUT2D eigenvalue weighted by molar-refractivity contribution is 0.0951. The van der Waals surface area contributed by atoms with Gasteiger partial charge in [0, 0.05) is 25.3 Å². The minimum absolute atomic E-state index is 0.160. The van der Waals surface area contributed by atoms with Crippen LogP contribution in [0.2, 0.25) is 5.02 Å². The van der Waals surface area contributed by atoms with E-state index < -0.39 is 0 Å². The van der Waals surface area contributed by atoms with E-state index in [-0.39, 0.29) is 17.3 Å². The van der Waals surface area contributed by atoms with Gasteiger partial charge in [-0.2, -0.15) is 9.78 Å². The number of hydrogen-bond donors (Lipinski definition) is 2. The van der Waals surface area contributed by atoms with Gasteiger partial charge in [0.1, 0.15) is 16.9 Å². The average molecular weight is 437 g/mol. The van der Waals surface area contributed by atoms with Crippen LogP contribution in [0.15, 0.2) is 53.6 Å². The summed E-state index contributed by atoms with van der Waals surface area (Å²) in [6.07, 6.45) is 2.29. The second kappa shape index (κ2) is 9.11. The molecule has 0 bridgehead atoms. The fourth-order valence-corrected chi connectivity index (χ4v) is 3.41. The van der Waals surface area contributed by atoms with E-state index in [0.717, 1.165) is 5.56 Å². The van der Waals surface area contributed by atoms with Crippen LogP contribution < -0.4 is 11.1 Å². The molecule has 9 heteroatoms. The molecule has 1 amide bonds. The van der Waals surface area contributed by atoms with Gasteiger partial charge in [-0.15, -0.1) is 0 Å². The van der Waals surface area contributed by atoms with E-state index >= 15 is 0 Å². The van der Waals surface area contributed by atoms with E-state index in [1.165, 1.54) is 4.68 Å². The smallest absolute Gasteiger partial charge is 0.257 e. The molecule has 2 aromatic heterocycles. The van der Waals surface area contributed by atoms with Crippen molar-refractivity contribution in [1.82, 2.24) is 20.0 Å². The third-order valence-electron chi connectivity index (χ3n) is 4.68. The van der Waals surface area contributed by atoms with Crippen molar-refractivity contribution >= 4 is 51.7 Å². The number of carbonyl (C=O) groups is 1. The summed E-state index contributed by atoms with van der Waals surface area (Å²) in [6, 6.07) is 14.7. The van der Waals surface area contributed by atoms with Gasteiger partial charge in [0.05, 0.1) is 17.2 Å². The number of nitrogen functional groups attached to an aromatic ring is 1. The first-order chi connectivity index (χ1) is 15.1. The highest BCUT2D eigenvalue weighted by Crippen LogP contribution is 2.27. The second-order valence-electron chi connectivity index (χ2n) is 6.86. The molecule has 0 atom stereocenters. The normalized spacial score (nSPS) is 11.5. The Balaban J connectivity index is 1.81. The fourth-order valence-electron chi connectivity index (χ4n) is 3.21. The molecule has 0 radical (unpaired) electrons. The van der Waals surface area contributed by atoms with Crippen molar-refractivity contribution in [3.8, 4) is 0 Å². The van der Waals surface area contributed by atoms with Crippen LogP contribution in [0.1, 0.15) is 22.3 Å². The molecule has 0 saturated carbocycles. The van der Waals surface area contributed by atoms with Crippen molar-refractivity contribution in [1.29, 1.82) is 0 Å². The summed E-state index contributed by atoms with van der Waals surface area (Å²) in [6.45, 7) is 0.997. The van der Waals surface area contributed by atoms with Gasteiger partial charge in [0.25, 0.3) is 5.91 Å². The molecular formula is C22H21ClN6O2. The number of carbonyl (C=O) groups excluding carboxylic acids is 1. The van der Waals surface area contributed by atoms with Gasteiger partial charge in [0.2, 0.25) is 0 Å². The average Bonchev–Trinajstić information content (AvgIpc) is 3.04. The van der Waals surface area contributed by atoms with Crippen molar-refractivity contribution in [3.05, 3.63) is 64.7 Å². The number of ether oxygens (including phenoxy) is 1. The maximum atomic E-state index is 12.9. The standard InChI is InChI=1S/C22H21ClN6O2/c1-31-11-5-10-25-22(30)18-19-21(28-17-9-3-2-8-16(17)27-19)29(20(18)24)26-13-14-6-4-7-15(23)12-14/h2-4,6-9,12-13H,5,10-11,24H2,1H3,(H,25,30). The topological polar surface area (TPSA) is 107 Å². The number of amides is 1. The van der Waals surface area contributed by atoms with E-state index in [4.69, 9.17) is 22.1 Å². The summed E-state index contributed by atoms with van der Waals surface area (Å²) in [7, 11) is 1.62. The molecule has 4 rings (SSSR count). The van der Waals surface area contributed by atoms with E-state index in [0.29, 0.717) is 46.8 Å². The van der Waals surface area contributed by atoms with Gasteiger partial charge in [-0.05, 0) is 36.2 Å². The third-order valence-corrected chi connectivity index (χ3v) is 4.92. The number of methoxy groups -OCH3 is 1. The Morgan fingerprint density at radius 3 is 2.74 bits per heavy atom. The number of hydrogen-bond acceptors (Lipinski definition) is 6. The number of nitrogens with one attached hydrogen (secondary N) is 1. The van der Waals surface area contributed by atoms with Gasteiger partial charge in [0.15, 0.2) is 5.65 Å². The number of para-hydroxylation sites is 2. The predicted molar refractivity (Wildman–Crippen MR) is 123 cm³/mol.